The van der Waals surface area contributed by atoms with Gasteiger partial charge in [-0.1, -0.05) is 68.7 Å². The molecule has 0 aromatic heterocycles. The number of fused-ring (bicyclic) bond motifs is 1. The molecule has 4 rings (SSSR count). The van der Waals surface area contributed by atoms with Gasteiger partial charge in [0.2, 0.25) is 0 Å². The second kappa shape index (κ2) is 12.6. The van der Waals surface area contributed by atoms with Gasteiger partial charge < -0.3 is 10.4 Å². The number of nitrogens with one attached hydrogen (secondary N) is 1. The molecular formula is C34H45NO2. The SMILES string of the molecule is C=C1c2ccccc2NC1c1cc(C2CCCC(C(=O)C(C)CCCCCC(C)=CC)CC2)ccc1O. The van der Waals surface area contributed by atoms with Gasteiger partial charge in [0.1, 0.15) is 11.5 Å². The molecule has 1 fully saturated rings. The molecule has 1 heterocycles. The van der Waals surface area contributed by atoms with Crippen LogP contribution in [0.4, 0.5) is 5.69 Å². The Kier molecular flexibility index (Phi) is 9.29. The summed E-state index contributed by atoms with van der Waals surface area (Å²) < 4.78 is 0. The molecule has 3 nitrogen and oxygen atoms in total. The van der Waals surface area contributed by atoms with Crippen LogP contribution in [0, 0.1) is 11.8 Å². The van der Waals surface area contributed by atoms with Crippen molar-refractivity contribution in [3.05, 3.63) is 77.4 Å². The van der Waals surface area contributed by atoms with Crippen LogP contribution in [0.1, 0.15) is 114 Å². The highest BCUT2D eigenvalue weighted by atomic mass is 16.3. The summed E-state index contributed by atoms with van der Waals surface area (Å²) in [6, 6.07) is 14.2. The number of ketones is 1. The molecule has 0 radical (unpaired) electrons. The zero-order chi connectivity index (χ0) is 26.4. The van der Waals surface area contributed by atoms with Crippen molar-refractivity contribution in [3.63, 3.8) is 0 Å². The van der Waals surface area contributed by atoms with Gasteiger partial charge in [-0.05, 0) is 94.0 Å². The van der Waals surface area contributed by atoms with E-state index in [2.05, 4.69) is 63.0 Å². The minimum atomic E-state index is -0.111. The minimum absolute atomic E-state index is 0.111. The second-order valence-electron chi connectivity index (χ2n) is 11.4. The quantitative estimate of drug-likeness (QED) is 0.194. The fraction of sp³-hybridized carbons (Fsp3) is 0.500. The lowest BCUT2D eigenvalue weighted by molar-refractivity contribution is -0.127. The van der Waals surface area contributed by atoms with E-state index in [1.165, 1.54) is 30.4 Å². The number of Topliss-reactive ketones (excluding diaryl/α,β-unsaturated/α-hetero) is 1. The zero-order valence-corrected chi connectivity index (χ0v) is 23.1. The van der Waals surface area contributed by atoms with Gasteiger partial charge in [0, 0.05) is 28.7 Å². The van der Waals surface area contributed by atoms with E-state index < -0.39 is 0 Å². The lowest BCUT2D eigenvalue weighted by Crippen LogP contribution is -2.21. The van der Waals surface area contributed by atoms with Gasteiger partial charge in [-0.15, -0.1) is 0 Å². The van der Waals surface area contributed by atoms with E-state index in [0.717, 1.165) is 67.3 Å². The molecule has 2 N–H and O–H groups in total. The highest BCUT2D eigenvalue weighted by Gasteiger charge is 2.30. The lowest BCUT2D eigenvalue weighted by atomic mass is 9.84. The topological polar surface area (TPSA) is 49.3 Å². The summed E-state index contributed by atoms with van der Waals surface area (Å²) in [5.74, 6) is 1.60. The van der Waals surface area contributed by atoms with Gasteiger partial charge in [-0.25, -0.2) is 0 Å². The number of benzene rings is 2. The summed E-state index contributed by atoms with van der Waals surface area (Å²) in [7, 11) is 0. The van der Waals surface area contributed by atoms with E-state index in [0.29, 0.717) is 17.5 Å². The van der Waals surface area contributed by atoms with Gasteiger partial charge in [0.15, 0.2) is 0 Å². The number of allylic oxidation sites excluding steroid dienone is 2. The van der Waals surface area contributed by atoms with Crippen molar-refractivity contribution in [2.75, 3.05) is 5.32 Å². The third-order valence-electron chi connectivity index (χ3n) is 8.81. The molecule has 1 aliphatic heterocycles. The number of rotatable bonds is 10. The number of aromatic hydroxyl groups is 1. The first-order chi connectivity index (χ1) is 17.9. The van der Waals surface area contributed by atoms with Crippen molar-refractivity contribution in [1.82, 2.24) is 0 Å². The number of carbonyl (C=O) groups is 1. The van der Waals surface area contributed by atoms with E-state index in [4.69, 9.17) is 0 Å². The third-order valence-corrected chi connectivity index (χ3v) is 8.81. The number of unbranched alkanes of at least 4 members (excludes halogenated alkanes) is 2. The molecule has 2 aliphatic rings. The van der Waals surface area contributed by atoms with Crippen molar-refractivity contribution in [2.45, 2.75) is 96.9 Å². The number of phenolic OH excluding ortho intramolecular Hbond substituents is 1. The predicted molar refractivity (Wildman–Crippen MR) is 156 cm³/mol. The third kappa shape index (κ3) is 6.55. The fourth-order valence-corrected chi connectivity index (χ4v) is 6.25. The second-order valence-corrected chi connectivity index (χ2v) is 11.4. The molecule has 0 bridgehead atoms. The molecule has 198 valence electrons. The van der Waals surface area contributed by atoms with Crippen LogP contribution in [0.2, 0.25) is 0 Å². The van der Waals surface area contributed by atoms with Gasteiger partial charge in [-0.3, -0.25) is 4.79 Å². The minimum Gasteiger partial charge on any atom is -0.508 e. The van der Waals surface area contributed by atoms with E-state index in [1.54, 1.807) is 0 Å². The number of hydrogen-bond acceptors (Lipinski definition) is 3. The van der Waals surface area contributed by atoms with Crippen LogP contribution < -0.4 is 5.32 Å². The molecule has 3 heteroatoms. The number of anilines is 1. The predicted octanol–water partition coefficient (Wildman–Crippen LogP) is 9.36. The number of carbonyl (C=O) groups excluding carboxylic acids is 1. The first-order valence-corrected chi connectivity index (χ1v) is 14.4. The maximum absolute atomic E-state index is 13.3. The van der Waals surface area contributed by atoms with Crippen LogP contribution >= 0.6 is 0 Å². The first-order valence-electron chi connectivity index (χ1n) is 14.4. The maximum atomic E-state index is 13.3. The van der Waals surface area contributed by atoms with E-state index >= 15 is 0 Å². The first kappa shape index (κ1) is 27.2. The zero-order valence-electron chi connectivity index (χ0n) is 23.1. The van der Waals surface area contributed by atoms with E-state index in [9.17, 15) is 9.90 Å². The Hall–Kier alpha value is -2.81. The Bertz CT molecular complexity index is 1130. The van der Waals surface area contributed by atoms with Crippen molar-refractivity contribution in [2.24, 2.45) is 11.8 Å². The summed E-state index contributed by atoms with van der Waals surface area (Å²) >= 11 is 0. The molecule has 4 atom stereocenters. The van der Waals surface area contributed by atoms with Crippen molar-refractivity contribution in [3.8, 4) is 5.75 Å². The molecule has 37 heavy (non-hydrogen) atoms. The lowest BCUT2D eigenvalue weighted by Gasteiger charge is -2.21. The molecule has 2 aromatic rings. The maximum Gasteiger partial charge on any atom is 0.138 e. The van der Waals surface area contributed by atoms with Crippen molar-refractivity contribution < 1.29 is 9.90 Å². The van der Waals surface area contributed by atoms with Crippen LogP contribution in [0.3, 0.4) is 0 Å². The Morgan fingerprint density at radius 1 is 1.11 bits per heavy atom. The number of phenols is 1. The number of para-hydroxylation sites is 1. The van der Waals surface area contributed by atoms with Crippen LogP contribution in [0.5, 0.6) is 5.75 Å². The smallest absolute Gasteiger partial charge is 0.138 e. The molecule has 2 aromatic carbocycles. The normalized spacial score (nSPS) is 22.7. The van der Waals surface area contributed by atoms with E-state index in [-0.39, 0.29) is 17.9 Å². The molecule has 0 amide bonds. The fourth-order valence-electron chi connectivity index (χ4n) is 6.25. The summed E-state index contributed by atoms with van der Waals surface area (Å²) in [5.41, 5.74) is 6.83. The summed E-state index contributed by atoms with van der Waals surface area (Å²) in [4.78, 5) is 13.3. The van der Waals surface area contributed by atoms with Gasteiger partial charge >= 0.3 is 0 Å². The van der Waals surface area contributed by atoms with Gasteiger partial charge in [0.05, 0.1) is 6.04 Å². The van der Waals surface area contributed by atoms with Crippen molar-refractivity contribution in [1.29, 1.82) is 0 Å². The van der Waals surface area contributed by atoms with Crippen LogP contribution in [-0.4, -0.2) is 10.9 Å². The Labute approximate surface area is 224 Å². The summed E-state index contributed by atoms with van der Waals surface area (Å²) in [6.07, 6.45) is 13.2. The Balaban J connectivity index is 1.34. The average molecular weight is 500 g/mol. The van der Waals surface area contributed by atoms with Crippen LogP contribution in [0.25, 0.3) is 5.57 Å². The molecule has 1 saturated carbocycles. The standard InChI is InChI=1S/C34H45NO2/c1-5-23(2)12-7-6-8-13-24(3)34(37)27-15-11-14-26(18-19-27)28-20-21-32(36)30(22-28)33-25(4)29-16-9-10-17-31(29)35-33/h5,9-10,16-17,20-22,24,26-27,33,35-36H,4,6-8,11-15,18-19H2,1-3H3. The molecule has 1 aliphatic carbocycles. The van der Waals surface area contributed by atoms with Gasteiger partial charge in [0.25, 0.3) is 0 Å². The van der Waals surface area contributed by atoms with Gasteiger partial charge in [-0.2, -0.15) is 0 Å². The van der Waals surface area contributed by atoms with Crippen LogP contribution in [0.15, 0.2) is 60.7 Å². The Morgan fingerprint density at radius 3 is 2.70 bits per heavy atom. The highest BCUT2D eigenvalue weighted by Crippen LogP contribution is 2.46. The molecule has 4 unspecified atom stereocenters. The Morgan fingerprint density at radius 2 is 1.92 bits per heavy atom. The summed E-state index contributed by atoms with van der Waals surface area (Å²) in [5, 5.41) is 14.3. The molecular weight excluding hydrogens is 454 g/mol. The highest BCUT2D eigenvalue weighted by molar-refractivity contribution is 5.87. The largest absolute Gasteiger partial charge is 0.508 e. The monoisotopic (exact) mass is 499 g/mol. The van der Waals surface area contributed by atoms with Crippen molar-refractivity contribution >= 4 is 17.0 Å². The van der Waals surface area contributed by atoms with Crippen LogP contribution in [-0.2, 0) is 4.79 Å². The molecule has 0 spiro atoms. The molecule has 0 saturated heterocycles. The number of hydrogen-bond donors (Lipinski definition) is 2. The van der Waals surface area contributed by atoms with E-state index in [1.807, 2.05) is 18.2 Å². The average Bonchev–Trinajstić information content (AvgIpc) is 3.07. The summed E-state index contributed by atoms with van der Waals surface area (Å²) in [6.45, 7) is 10.8.